The third-order valence-electron chi connectivity index (χ3n) is 2.11. The second kappa shape index (κ2) is 6.02. The average molecular weight is 288 g/mol. The second-order valence-electron chi connectivity index (χ2n) is 4.93. The summed E-state index contributed by atoms with van der Waals surface area (Å²) in [5.74, 6) is -0.656. The zero-order valence-corrected chi connectivity index (χ0v) is 11.6. The normalized spacial score (nSPS) is 12.7. The summed E-state index contributed by atoms with van der Waals surface area (Å²) in [6, 6.07) is 2.89. The molecular weight excluding hydrogens is 273 g/mol. The molecule has 1 aromatic carbocycles. The maximum Gasteiger partial charge on any atom is 0.408 e. The molecule has 0 aliphatic carbocycles. The van der Waals surface area contributed by atoms with Gasteiger partial charge in [-0.2, -0.15) is 0 Å². The van der Waals surface area contributed by atoms with E-state index in [0.717, 1.165) is 6.07 Å². The van der Waals surface area contributed by atoms with Gasteiger partial charge in [0.15, 0.2) is 0 Å². The van der Waals surface area contributed by atoms with E-state index in [4.69, 9.17) is 16.3 Å². The summed E-state index contributed by atoms with van der Waals surface area (Å²) in [5, 5.41) is 2.30. The van der Waals surface area contributed by atoms with Crippen molar-refractivity contribution in [2.75, 3.05) is 0 Å². The average Bonchev–Trinajstić information content (AvgIpc) is 2.27. The molecule has 0 saturated heterocycles. The Morgan fingerprint density at radius 1 is 1.47 bits per heavy atom. The van der Waals surface area contributed by atoms with Gasteiger partial charge < -0.3 is 14.8 Å². The molecule has 0 fully saturated rings. The lowest BCUT2D eigenvalue weighted by molar-refractivity contribution is -0.109. The first-order valence-corrected chi connectivity index (χ1v) is 6.00. The summed E-state index contributed by atoms with van der Waals surface area (Å²) in [6.07, 6.45) is -0.257. The molecule has 1 atom stereocenters. The highest BCUT2D eigenvalue weighted by atomic mass is 35.5. The molecule has 0 saturated carbocycles. The SMILES string of the molecule is CC(C)(C)OC(=O)NC(C=O)c1ccc(Cl)c(F)c1. The third-order valence-corrected chi connectivity index (χ3v) is 2.42. The fourth-order valence-electron chi connectivity index (χ4n) is 1.34. The van der Waals surface area contributed by atoms with Crippen LogP contribution in [0.5, 0.6) is 0 Å². The monoisotopic (exact) mass is 287 g/mol. The van der Waals surface area contributed by atoms with E-state index in [9.17, 15) is 14.0 Å². The Kier molecular flexibility index (Phi) is 4.89. The molecule has 19 heavy (non-hydrogen) atoms. The number of ether oxygens (including phenoxy) is 1. The fourth-order valence-corrected chi connectivity index (χ4v) is 1.45. The Balaban J connectivity index is 2.81. The van der Waals surface area contributed by atoms with Crippen LogP contribution in [0, 0.1) is 5.82 Å². The molecule has 104 valence electrons. The molecule has 1 rings (SSSR count). The lowest BCUT2D eigenvalue weighted by atomic mass is 10.1. The van der Waals surface area contributed by atoms with Crippen LogP contribution in [-0.4, -0.2) is 18.0 Å². The first-order chi connectivity index (χ1) is 8.73. The predicted octanol–water partition coefficient (Wildman–Crippen LogP) is 3.24. The van der Waals surface area contributed by atoms with Gasteiger partial charge in [-0.1, -0.05) is 17.7 Å². The number of benzene rings is 1. The van der Waals surface area contributed by atoms with Crippen LogP contribution in [-0.2, 0) is 9.53 Å². The van der Waals surface area contributed by atoms with Crippen LogP contribution in [0.2, 0.25) is 5.02 Å². The molecule has 0 aliphatic heterocycles. The molecule has 1 aromatic rings. The Labute approximate surface area is 115 Å². The summed E-state index contributed by atoms with van der Waals surface area (Å²) in [7, 11) is 0. The lowest BCUT2D eigenvalue weighted by Crippen LogP contribution is -2.35. The van der Waals surface area contributed by atoms with Crippen molar-refractivity contribution in [3.05, 3.63) is 34.6 Å². The van der Waals surface area contributed by atoms with E-state index < -0.39 is 23.6 Å². The minimum Gasteiger partial charge on any atom is -0.444 e. The largest absolute Gasteiger partial charge is 0.444 e. The van der Waals surface area contributed by atoms with Crippen LogP contribution in [0.3, 0.4) is 0 Å². The van der Waals surface area contributed by atoms with Crippen LogP contribution < -0.4 is 5.32 Å². The predicted molar refractivity (Wildman–Crippen MR) is 69.6 cm³/mol. The molecule has 1 unspecified atom stereocenters. The lowest BCUT2D eigenvalue weighted by Gasteiger charge is -2.21. The van der Waals surface area contributed by atoms with Gasteiger partial charge in [-0.15, -0.1) is 0 Å². The summed E-state index contributed by atoms with van der Waals surface area (Å²) in [6.45, 7) is 5.10. The number of amides is 1. The van der Waals surface area contributed by atoms with E-state index in [2.05, 4.69) is 5.32 Å². The van der Waals surface area contributed by atoms with Crippen LogP contribution >= 0.6 is 11.6 Å². The van der Waals surface area contributed by atoms with Gasteiger partial charge in [-0.05, 0) is 38.5 Å². The minimum absolute atomic E-state index is 0.0503. The minimum atomic E-state index is -0.985. The molecule has 0 aliphatic rings. The Morgan fingerprint density at radius 3 is 2.58 bits per heavy atom. The standard InChI is InChI=1S/C13H15ClFNO3/c1-13(2,3)19-12(18)16-11(7-17)8-4-5-9(14)10(15)6-8/h4-7,11H,1-3H3,(H,16,18). The molecule has 0 radical (unpaired) electrons. The number of hydrogen-bond donors (Lipinski definition) is 1. The number of hydrogen-bond acceptors (Lipinski definition) is 3. The van der Waals surface area contributed by atoms with Gasteiger partial charge in [0.2, 0.25) is 0 Å². The van der Waals surface area contributed by atoms with Gasteiger partial charge in [0, 0.05) is 0 Å². The summed E-state index contributed by atoms with van der Waals surface area (Å²) < 4.78 is 18.3. The van der Waals surface area contributed by atoms with Crippen molar-refractivity contribution in [2.24, 2.45) is 0 Å². The van der Waals surface area contributed by atoms with E-state index in [1.165, 1.54) is 12.1 Å². The number of carbonyl (C=O) groups is 2. The Hall–Kier alpha value is -1.62. The maximum atomic E-state index is 13.3. The highest BCUT2D eigenvalue weighted by Crippen LogP contribution is 2.20. The summed E-state index contributed by atoms with van der Waals surface area (Å²) in [5.41, 5.74) is -0.384. The molecule has 6 heteroatoms. The van der Waals surface area contributed by atoms with E-state index in [0.29, 0.717) is 11.8 Å². The van der Waals surface area contributed by atoms with Gasteiger partial charge in [-0.25, -0.2) is 9.18 Å². The quantitative estimate of drug-likeness (QED) is 0.868. The Bertz CT molecular complexity index is 485. The van der Waals surface area contributed by atoms with E-state index in [-0.39, 0.29) is 5.02 Å². The smallest absolute Gasteiger partial charge is 0.408 e. The molecule has 1 N–H and O–H groups in total. The zero-order chi connectivity index (χ0) is 14.6. The van der Waals surface area contributed by atoms with Crippen molar-refractivity contribution < 1.29 is 18.7 Å². The molecule has 0 spiro atoms. The molecule has 1 amide bonds. The molecule has 0 aromatic heterocycles. The van der Waals surface area contributed by atoms with Crippen molar-refractivity contribution in [2.45, 2.75) is 32.4 Å². The van der Waals surface area contributed by atoms with Gasteiger partial charge in [0.25, 0.3) is 0 Å². The molecular formula is C13H15ClFNO3. The highest BCUT2D eigenvalue weighted by Gasteiger charge is 2.20. The van der Waals surface area contributed by atoms with E-state index in [1.807, 2.05) is 0 Å². The van der Waals surface area contributed by atoms with E-state index in [1.54, 1.807) is 20.8 Å². The van der Waals surface area contributed by atoms with Crippen molar-refractivity contribution in [3.63, 3.8) is 0 Å². The van der Waals surface area contributed by atoms with Crippen LogP contribution in [0.4, 0.5) is 9.18 Å². The number of nitrogens with one attached hydrogen (secondary N) is 1. The topological polar surface area (TPSA) is 55.4 Å². The maximum absolute atomic E-state index is 13.3. The van der Waals surface area contributed by atoms with Crippen molar-refractivity contribution >= 4 is 24.0 Å². The van der Waals surface area contributed by atoms with Crippen molar-refractivity contribution in [3.8, 4) is 0 Å². The number of carbonyl (C=O) groups excluding carboxylic acids is 2. The number of rotatable bonds is 3. The van der Waals surface area contributed by atoms with Crippen LogP contribution in [0.1, 0.15) is 32.4 Å². The second-order valence-corrected chi connectivity index (χ2v) is 5.34. The van der Waals surface area contributed by atoms with E-state index >= 15 is 0 Å². The first kappa shape index (κ1) is 15.4. The van der Waals surface area contributed by atoms with Crippen molar-refractivity contribution in [1.82, 2.24) is 5.32 Å². The van der Waals surface area contributed by atoms with Gasteiger partial charge in [0.05, 0.1) is 5.02 Å². The van der Waals surface area contributed by atoms with Gasteiger partial charge >= 0.3 is 6.09 Å². The van der Waals surface area contributed by atoms with Crippen LogP contribution in [0.15, 0.2) is 18.2 Å². The van der Waals surface area contributed by atoms with Gasteiger partial charge in [-0.3, -0.25) is 0 Å². The Morgan fingerprint density at radius 2 is 2.11 bits per heavy atom. The first-order valence-electron chi connectivity index (χ1n) is 5.62. The highest BCUT2D eigenvalue weighted by molar-refractivity contribution is 6.30. The molecule has 0 heterocycles. The number of halogens is 2. The molecule has 4 nitrogen and oxygen atoms in total. The van der Waals surface area contributed by atoms with Crippen LogP contribution in [0.25, 0.3) is 0 Å². The van der Waals surface area contributed by atoms with Gasteiger partial charge in [0.1, 0.15) is 23.7 Å². The summed E-state index contributed by atoms with van der Waals surface area (Å²) in [4.78, 5) is 22.5. The third kappa shape index (κ3) is 4.87. The zero-order valence-electron chi connectivity index (χ0n) is 10.9. The number of alkyl carbamates (subject to hydrolysis) is 1. The molecule has 0 bridgehead atoms. The number of aldehydes is 1. The van der Waals surface area contributed by atoms with Crippen molar-refractivity contribution in [1.29, 1.82) is 0 Å². The summed E-state index contributed by atoms with van der Waals surface area (Å²) >= 11 is 5.55. The fraction of sp³-hybridized carbons (Fsp3) is 0.385.